The third-order valence-electron chi connectivity index (χ3n) is 5.83. The van der Waals surface area contributed by atoms with Crippen LogP contribution in [0.5, 0.6) is 0 Å². The van der Waals surface area contributed by atoms with Crippen LogP contribution in [-0.4, -0.2) is 55.4 Å². The molecule has 0 heterocycles. The number of carboxylic acids is 5. The number of hydrogen-bond acceptors (Lipinski definition) is 7. The quantitative estimate of drug-likeness (QED) is 0.157. The monoisotopic (exact) mass is 558 g/mol. The molecule has 0 spiro atoms. The lowest BCUT2D eigenvalue weighted by Crippen LogP contribution is -2.11. The predicted molar refractivity (Wildman–Crippen MR) is 147 cm³/mol. The summed E-state index contributed by atoms with van der Waals surface area (Å²) in [5.74, 6) is -6.84. The molecule has 0 saturated heterocycles. The van der Waals surface area contributed by atoms with Crippen molar-refractivity contribution in [2.45, 2.75) is 0 Å². The SMILES string of the molecule is Nc1cc(C(=O)O)c(-c2cc(C(=O)O)c(N)cc2C(=O)O)cc1C(=O)O.O=C(O)c1ccccc1-c1ccccc1. The van der Waals surface area contributed by atoms with Gasteiger partial charge in [0.2, 0.25) is 0 Å². The average molecular weight is 558 g/mol. The summed E-state index contributed by atoms with van der Waals surface area (Å²) in [7, 11) is 0. The second-order valence-corrected chi connectivity index (χ2v) is 8.41. The minimum Gasteiger partial charge on any atom is -0.478 e. The Kier molecular flexibility index (Phi) is 8.69. The van der Waals surface area contributed by atoms with Gasteiger partial charge in [-0.1, -0.05) is 48.5 Å². The van der Waals surface area contributed by atoms with Crippen LogP contribution in [0.25, 0.3) is 22.3 Å². The predicted octanol–water partition coefficient (Wildman–Crippen LogP) is 4.36. The van der Waals surface area contributed by atoms with Gasteiger partial charge in [0.1, 0.15) is 0 Å². The summed E-state index contributed by atoms with van der Waals surface area (Å²) in [5.41, 5.74) is 9.86. The Bertz CT molecular complexity index is 1620. The first-order chi connectivity index (χ1) is 19.3. The average Bonchev–Trinajstić information content (AvgIpc) is 2.93. The number of carbonyl (C=O) groups is 5. The first-order valence-electron chi connectivity index (χ1n) is 11.5. The lowest BCUT2D eigenvalue weighted by atomic mass is 9.90. The van der Waals surface area contributed by atoms with Crippen molar-refractivity contribution in [3.05, 3.63) is 107 Å². The van der Waals surface area contributed by atoms with E-state index in [1.807, 2.05) is 42.5 Å². The third-order valence-corrected chi connectivity index (χ3v) is 5.83. The standard InChI is InChI=1S/C16H12N2O8.C13H10O2/c17-11-3-7(13(19)20)5(1-9(11)15(23)24)6-2-10(16(25)26)12(18)4-8(6)14(21)22;14-13(15)12-9-5-4-8-11(12)10-6-2-1-3-7-10/h1-4H,17-18H2,(H,19,20)(H,21,22)(H,23,24)(H,25,26);1-9H,(H,14,15). The van der Waals surface area contributed by atoms with Gasteiger partial charge in [-0.3, -0.25) is 0 Å². The fourth-order valence-electron chi connectivity index (χ4n) is 3.94. The number of benzene rings is 4. The smallest absolute Gasteiger partial charge is 0.337 e. The second kappa shape index (κ2) is 12.1. The summed E-state index contributed by atoms with van der Waals surface area (Å²) in [6, 6.07) is 20.0. The van der Waals surface area contributed by atoms with Crippen LogP contribution in [0.15, 0.2) is 78.9 Å². The molecule has 0 aliphatic rings. The molecule has 0 unspecified atom stereocenters. The fraction of sp³-hybridized carbons (Fsp3) is 0. The molecule has 12 heteroatoms. The summed E-state index contributed by atoms with van der Waals surface area (Å²) >= 11 is 0. The third kappa shape index (κ3) is 6.46. The van der Waals surface area contributed by atoms with Crippen LogP contribution >= 0.6 is 0 Å². The minimum absolute atomic E-state index is 0.316. The van der Waals surface area contributed by atoms with Gasteiger partial charge >= 0.3 is 29.8 Å². The van der Waals surface area contributed by atoms with Gasteiger partial charge in [-0.2, -0.15) is 0 Å². The van der Waals surface area contributed by atoms with Crippen LogP contribution in [0, 0.1) is 0 Å². The molecule has 12 nitrogen and oxygen atoms in total. The highest BCUT2D eigenvalue weighted by Gasteiger charge is 2.24. The molecule has 208 valence electrons. The first kappa shape index (κ1) is 29.4. The van der Waals surface area contributed by atoms with Crippen molar-refractivity contribution >= 4 is 41.2 Å². The number of aromatic carboxylic acids is 5. The van der Waals surface area contributed by atoms with Gasteiger partial charge in [-0.05, 0) is 52.6 Å². The Labute approximate surface area is 231 Å². The number of anilines is 2. The van der Waals surface area contributed by atoms with E-state index in [1.54, 1.807) is 12.1 Å². The highest BCUT2D eigenvalue weighted by Crippen LogP contribution is 2.34. The lowest BCUT2D eigenvalue weighted by Gasteiger charge is -2.14. The van der Waals surface area contributed by atoms with Crippen molar-refractivity contribution < 1.29 is 49.5 Å². The van der Waals surface area contributed by atoms with E-state index < -0.39 is 52.1 Å². The van der Waals surface area contributed by atoms with Crippen molar-refractivity contribution in [1.29, 1.82) is 0 Å². The maximum atomic E-state index is 11.5. The van der Waals surface area contributed by atoms with Crippen LogP contribution < -0.4 is 11.5 Å². The van der Waals surface area contributed by atoms with Crippen LogP contribution in [0.2, 0.25) is 0 Å². The van der Waals surface area contributed by atoms with E-state index in [0.717, 1.165) is 35.4 Å². The van der Waals surface area contributed by atoms with E-state index >= 15 is 0 Å². The molecule has 41 heavy (non-hydrogen) atoms. The molecule has 0 aliphatic heterocycles. The molecule has 4 aromatic rings. The van der Waals surface area contributed by atoms with Crippen LogP contribution in [0.3, 0.4) is 0 Å². The number of carboxylic acid groups (broad SMARTS) is 5. The molecule has 0 radical (unpaired) electrons. The van der Waals surface area contributed by atoms with Crippen LogP contribution in [0.4, 0.5) is 11.4 Å². The highest BCUT2D eigenvalue weighted by molar-refractivity contribution is 6.08. The van der Waals surface area contributed by atoms with Crippen LogP contribution in [0.1, 0.15) is 51.8 Å². The summed E-state index contributed by atoms with van der Waals surface area (Å²) in [6.45, 7) is 0. The molecule has 0 atom stereocenters. The zero-order valence-electron chi connectivity index (χ0n) is 20.9. The van der Waals surface area contributed by atoms with E-state index in [1.165, 1.54) is 0 Å². The molecule has 9 N–H and O–H groups in total. The molecule has 0 saturated carbocycles. The number of rotatable bonds is 7. The summed E-state index contributed by atoms with van der Waals surface area (Å²) in [5, 5.41) is 46.1. The molecule has 0 amide bonds. The maximum Gasteiger partial charge on any atom is 0.337 e. The van der Waals surface area contributed by atoms with Gasteiger partial charge in [0.25, 0.3) is 0 Å². The highest BCUT2D eigenvalue weighted by atomic mass is 16.4. The van der Waals surface area contributed by atoms with Crippen molar-refractivity contribution in [2.75, 3.05) is 11.5 Å². The zero-order valence-corrected chi connectivity index (χ0v) is 20.9. The molecule has 4 aromatic carbocycles. The van der Waals surface area contributed by atoms with Gasteiger partial charge in [0.05, 0.1) is 27.8 Å². The van der Waals surface area contributed by atoms with Crippen LogP contribution in [-0.2, 0) is 0 Å². The van der Waals surface area contributed by atoms with Crippen molar-refractivity contribution in [3.8, 4) is 22.3 Å². The number of nitrogen functional groups attached to an aromatic ring is 2. The zero-order chi connectivity index (χ0) is 30.4. The molecule has 0 fully saturated rings. The molecule has 4 rings (SSSR count). The molecular formula is C29H22N2O10. The molecule has 0 bridgehead atoms. The van der Waals surface area contributed by atoms with Gasteiger partial charge in [-0.15, -0.1) is 0 Å². The lowest BCUT2D eigenvalue weighted by molar-refractivity contribution is 0.0680. The largest absolute Gasteiger partial charge is 0.478 e. The van der Waals surface area contributed by atoms with E-state index in [0.29, 0.717) is 5.56 Å². The normalized spacial score (nSPS) is 10.1. The number of hydrogen-bond donors (Lipinski definition) is 7. The maximum absolute atomic E-state index is 11.5. The van der Waals surface area contributed by atoms with Crippen molar-refractivity contribution in [3.63, 3.8) is 0 Å². The van der Waals surface area contributed by atoms with Crippen molar-refractivity contribution in [1.82, 2.24) is 0 Å². The Morgan fingerprint density at radius 2 is 0.780 bits per heavy atom. The number of nitrogens with two attached hydrogens (primary N) is 2. The van der Waals surface area contributed by atoms with Gasteiger partial charge in [0, 0.05) is 11.4 Å². The molecule has 0 aliphatic carbocycles. The Morgan fingerprint density at radius 1 is 0.415 bits per heavy atom. The Hall–Kier alpha value is -6.17. The summed E-state index contributed by atoms with van der Waals surface area (Å²) in [6.07, 6.45) is 0. The first-order valence-corrected chi connectivity index (χ1v) is 11.5. The van der Waals surface area contributed by atoms with E-state index in [9.17, 15) is 44.4 Å². The molecular weight excluding hydrogens is 536 g/mol. The van der Waals surface area contributed by atoms with Gasteiger partial charge < -0.3 is 37.0 Å². The van der Waals surface area contributed by atoms with E-state index in [2.05, 4.69) is 0 Å². The van der Waals surface area contributed by atoms with E-state index in [4.69, 9.17) is 16.6 Å². The van der Waals surface area contributed by atoms with Crippen molar-refractivity contribution in [2.24, 2.45) is 0 Å². The second-order valence-electron chi connectivity index (χ2n) is 8.41. The van der Waals surface area contributed by atoms with Gasteiger partial charge in [-0.25, -0.2) is 24.0 Å². The summed E-state index contributed by atoms with van der Waals surface area (Å²) in [4.78, 5) is 56.6. The van der Waals surface area contributed by atoms with Gasteiger partial charge in [0.15, 0.2) is 0 Å². The fourth-order valence-corrected chi connectivity index (χ4v) is 3.94. The summed E-state index contributed by atoms with van der Waals surface area (Å²) < 4.78 is 0. The topological polar surface area (TPSA) is 239 Å². The molecule has 0 aromatic heterocycles. The van der Waals surface area contributed by atoms with E-state index in [-0.39, 0.29) is 22.5 Å². The Balaban J connectivity index is 0.000000260. The minimum atomic E-state index is -1.51. The Morgan fingerprint density at radius 3 is 1.17 bits per heavy atom.